The Balaban J connectivity index is 1.52. The molecule has 0 saturated heterocycles. The highest BCUT2D eigenvalue weighted by Gasteiger charge is 2.42. The lowest BCUT2D eigenvalue weighted by molar-refractivity contribution is -0.137. The van der Waals surface area contributed by atoms with Gasteiger partial charge in [-0.2, -0.15) is 0 Å². The van der Waals surface area contributed by atoms with Crippen LogP contribution in [-0.4, -0.2) is 22.5 Å². The fraction of sp³-hybridized carbons (Fsp3) is 0.571. The molecule has 1 fully saturated rings. The Morgan fingerprint density at radius 1 is 1.39 bits per heavy atom. The first kappa shape index (κ1) is 10.4. The number of rotatable bonds is 1. The van der Waals surface area contributed by atoms with Crippen LogP contribution in [0.3, 0.4) is 0 Å². The summed E-state index contributed by atoms with van der Waals surface area (Å²) in [5.41, 5.74) is 1.08. The summed E-state index contributed by atoms with van der Waals surface area (Å²) in [5.74, 6) is 2.65. The molecule has 0 N–H and O–H groups in total. The molecule has 4 nitrogen and oxygen atoms in total. The van der Waals surface area contributed by atoms with Gasteiger partial charge in [0.2, 0.25) is 5.91 Å². The van der Waals surface area contributed by atoms with Crippen molar-refractivity contribution in [1.29, 1.82) is 0 Å². The Bertz CT molecular complexity index is 520. The Hall–Kier alpha value is -1.58. The van der Waals surface area contributed by atoms with Gasteiger partial charge in [0.25, 0.3) is 0 Å². The second-order valence-electron chi connectivity index (χ2n) is 5.67. The van der Waals surface area contributed by atoms with E-state index in [-0.39, 0.29) is 5.92 Å². The zero-order valence-corrected chi connectivity index (χ0v) is 10.2. The van der Waals surface area contributed by atoms with Gasteiger partial charge in [0.1, 0.15) is 5.76 Å². The molecule has 3 atom stereocenters. The van der Waals surface area contributed by atoms with Gasteiger partial charge in [-0.15, -0.1) is 0 Å². The van der Waals surface area contributed by atoms with E-state index in [1.54, 1.807) is 6.20 Å². The van der Waals surface area contributed by atoms with Crippen molar-refractivity contribution in [2.45, 2.75) is 25.8 Å². The first-order valence-electron chi connectivity index (χ1n) is 6.71. The van der Waals surface area contributed by atoms with Gasteiger partial charge in [-0.05, 0) is 24.7 Å². The molecule has 2 aliphatic carbocycles. The van der Waals surface area contributed by atoms with Gasteiger partial charge in [-0.25, -0.2) is 0 Å². The second kappa shape index (κ2) is 3.70. The number of carbonyl (C=O) groups is 1. The van der Waals surface area contributed by atoms with Crippen molar-refractivity contribution < 1.29 is 9.32 Å². The standard InChI is InChI=1S/C14H16N2O2/c17-14(12-6-9-1-2-10(12)5-9)16-4-3-13-11(8-16)7-15-18-13/h1-2,7,9-10,12H,3-6,8H2. The van der Waals surface area contributed by atoms with Crippen LogP contribution in [0, 0.1) is 17.8 Å². The molecular formula is C14H16N2O2. The zero-order chi connectivity index (χ0) is 12.1. The fourth-order valence-corrected chi connectivity index (χ4v) is 3.63. The van der Waals surface area contributed by atoms with Crippen molar-refractivity contribution in [1.82, 2.24) is 10.1 Å². The number of amides is 1. The monoisotopic (exact) mass is 244 g/mol. The average molecular weight is 244 g/mol. The third-order valence-electron chi connectivity index (χ3n) is 4.61. The van der Waals surface area contributed by atoms with Crippen molar-refractivity contribution in [2.24, 2.45) is 17.8 Å². The smallest absolute Gasteiger partial charge is 0.226 e. The summed E-state index contributed by atoms with van der Waals surface area (Å²) in [6, 6.07) is 0. The van der Waals surface area contributed by atoms with Crippen LogP contribution >= 0.6 is 0 Å². The summed E-state index contributed by atoms with van der Waals surface area (Å²) in [7, 11) is 0. The normalized spacial score (nSPS) is 32.9. The van der Waals surface area contributed by atoms with Gasteiger partial charge in [-0.1, -0.05) is 17.3 Å². The SMILES string of the molecule is O=C(C1CC2C=CC1C2)N1CCc2oncc2C1. The quantitative estimate of drug-likeness (QED) is 0.707. The maximum atomic E-state index is 12.6. The molecule has 3 unspecified atom stereocenters. The number of hydrogen-bond acceptors (Lipinski definition) is 3. The summed E-state index contributed by atoms with van der Waals surface area (Å²) in [4.78, 5) is 14.5. The summed E-state index contributed by atoms with van der Waals surface area (Å²) in [5, 5.41) is 3.81. The van der Waals surface area contributed by atoms with Crippen LogP contribution in [0.25, 0.3) is 0 Å². The lowest BCUT2D eigenvalue weighted by atomic mass is 9.91. The van der Waals surface area contributed by atoms with Crippen molar-refractivity contribution in [3.63, 3.8) is 0 Å². The van der Waals surface area contributed by atoms with Crippen LogP contribution in [0.5, 0.6) is 0 Å². The molecule has 1 aromatic rings. The van der Waals surface area contributed by atoms with E-state index in [0.717, 1.165) is 30.7 Å². The van der Waals surface area contributed by atoms with Gasteiger partial charge >= 0.3 is 0 Å². The first-order chi connectivity index (χ1) is 8.81. The van der Waals surface area contributed by atoms with Gasteiger partial charge in [0, 0.05) is 24.4 Å². The minimum absolute atomic E-state index is 0.224. The number of nitrogens with zero attached hydrogens (tertiary/aromatic N) is 2. The number of hydrogen-bond donors (Lipinski definition) is 0. The molecule has 0 radical (unpaired) electrons. The highest BCUT2D eigenvalue weighted by Crippen LogP contribution is 2.44. The van der Waals surface area contributed by atoms with Gasteiger partial charge in [0.05, 0.1) is 12.7 Å². The second-order valence-corrected chi connectivity index (χ2v) is 5.67. The van der Waals surface area contributed by atoms with Gasteiger partial charge in [-0.3, -0.25) is 4.79 Å². The molecule has 2 heterocycles. The van der Waals surface area contributed by atoms with Gasteiger partial charge in [0.15, 0.2) is 0 Å². The third kappa shape index (κ3) is 1.44. The van der Waals surface area contributed by atoms with E-state index < -0.39 is 0 Å². The molecule has 4 rings (SSSR count). The van der Waals surface area contributed by atoms with Crippen molar-refractivity contribution in [3.8, 4) is 0 Å². The molecule has 3 aliphatic rings. The van der Waals surface area contributed by atoms with Crippen LogP contribution < -0.4 is 0 Å². The molecule has 18 heavy (non-hydrogen) atoms. The van der Waals surface area contributed by atoms with E-state index in [4.69, 9.17) is 4.52 Å². The highest BCUT2D eigenvalue weighted by molar-refractivity contribution is 5.80. The molecule has 94 valence electrons. The number of fused-ring (bicyclic) bond motifs is 3. The fourth-order valence-electron chi connectivity index (χ4n) is 3.63. The first-order valence-corrected chi connectivity index (χ1v) is 6.71. The lowest BCUT2D eigenvalue weighted by Crippen LogP contribution is -2.40. The number of carbonyl (C=O) groups excluding carboxylic acids is 1. The molecule has 1 aromatic heterocycles. The predicted octanol–water partition coefficient (Wildman–Crippen LogP) is 1.77. The third-order valence-corrected chi connectivity index (χ3v) is 4.61. The summed E-state index contributed by atoms with van der Waals surface area (Å²) in [6.07, 6.45) is 9.30. The summed E-state index contributed by atoms with van der Waals surface area (Å²) in [6.45, 7) is 1.45. The van der Waals surface area contributed by atoms with Crippen LogP contribution in [0.2, 0.25) is 0 Å². The molecule has 0 spiro atoms. The van der Waals surface area contributed by atoms with Crippen molar-refractivity contribution in [2.75, 3.05) is 6.54 Å². The van der Waals surface area contributed by atoms with Crippen molar-refractivity contribution in [3.05, 3.63) is 29.7 Å². The van der Waals surface area contributed by atoms with E-state index in [1.165, 1.54) is 6.42 Å². The van der Waals surface area contributed by atoms with E-state index in [1.807, 2.05) is 4.90 Å². The van der Waals surface area contributed by atoms with Crippen LogP contribution in [0.1, 0.15) is 24.2 Å². The Labute approximate surface area is 106 Å². The van der Waals surface area contributed by atoms with E-state index in [2.05, 4.69) is 17.3 Å². The average Bonchev–Trinajstić information content (AvgIpc) is 3.12. The highest BCUT2D eigenvalue weighted by atomic mass is 16.5. The topological polar surface area (TPSA) is 46.3 Å². The molecule has 4 heteroatoms. The molecular weight excluding hydrogens is 228 g/mol. The van der Waals surface area contributed by atoms with Crippen LogP contribution in [0.4, 0.5) is 0 Å². The molecule has 1 saturated carbocycles. The van der Waals surface area contributed by atoms with E-state index in [0.29, 0.717) is 24.3 Å². The lowest BCUT2D eigenvalue weighted by Gasteiger charge is -2.30. The van der Waals surface area contributed by atoms with E-state index in [9.17, 15) is 4.79 Å². The van der Waals surface area contributed by atoms with Gasteiger partial charge < -0.3 is 9.42 Å². The molecule has 0 aromatic carbocycles. The van der Waals surface area contributed by atoms with Crippen LogP contribution in [0.15, 0.2) is 22.9 Å². The predicted molar refractivity (Wildman–Crippen MR) is 64.5 cm³/mol. The Morgan fingerprint density at radius 3 is 3.11 bits per heavy atom. The molecule has 1 aliphatic heterocycles. The number of aromatic nitrogens is 1. The largest absolute Gasteiger partial charge is 0.361 e. The van der Waals surface area contributed by atoms with Crippen molar-refractivity contribution >= 4 is 5.91 Å². The molecule has 1 amide bonds. The maximum Gasteiger partial charge on any atom is 0.226 e. The molecule has 2 bridgehead atoms. The Kier molecular flexibility index (Phi) is 2.13. The minimum Gasteiger partial charge on any atom is -0.361 e. The Morgan fingerprint density at radius 2 is 2.33 bits per heavy atom. The van der Waals surface area contributed by atoms with E-state index >= 15 is 0 Å². The maximum absolute atomic E-state index is 12.6. The van der Waals surface area contributed by atoms with Crippen LogP contribution in [-0.2, 0) is 17.8 Å². The minimum atomic E-state index is 0.224. The number of allylic oxidation sites excluding steroid dienone is 2. The summed E-state index contributed by atoms with van der Waals surface area (Å²) < 4.78 is 5.16. The zero-order valence-electron chi connectivity index (χ0n) is 10.2. The summed E-state index contributed by atoms with van der Waals surface area (Å²) >= 11 is 0.